The Balaban J connectivity index is 2.22. The SMILES string of the molecule is CC=Nc1c(C)cc(CC2CCCCC2O)nc1NC. The fourth-order valence-corrected chi connectivity index (χ4v) is 3.00. The molecule has 4 heteroatoms. The van der Waals surface area contributed by atoms with E-state index in [-0.39, 0.29) is 6.10 Å². The molecule has 2 unspecified atom stereocenters. The number of aromatic nitrogens is 1. The van der Waals surface area contributed by atoms with Crippen molar-refractivity contribution < 1.29 is 5.11 Å². The van der Waals surface area contributed by atoms with E-state index in [4.69, 9.17) is 0 Å². The predicted octanol–water partition coefficient (Wildman–Crippen LogP) is 3.25. The highest BCUT2D eigenvalue weighted by molar-refractivity contribution is 5.71. The number of aryl methyl sites for hydroxylation is 1. The molecule has 110 valence electrons. The lowest BCUT2D eigenvalue weighted by molar-refractivity contribution is 0.0695. The molecule has 1 aromatic rings. The molecule has 0 aliphatic heterocycles. The maximum atomic E-state index is 10.1. The molecular formula is C16H25N3O. The highest BCUT2D eigenvalue weighted by Crippen LogP contribution is 2.31. The summed E-state index contributed by atoms with van der Waals surface area (Å²) in [6, 6.07) is 2.10. The molecule has 0 bridgehead atoms. The fraction of sp³-hybridized carbons (Fsp3) is 0.625. The maximum absolute atomic E-state index is 10.1. The third kappa shape index (κ3) is 3.37. The van der Waals surface area contributed by atoms with Crippen LogP contribution in [0.3, 0.4) is 0 Å². The van der Waals surface area contributed by atoms with Gasteiger partial charge in [-0.2, -0.15) is 0 Å². The number of anilines is 1. The van der Waals surface area contributed by atoms with E-state index < -0.39 is 0 Å². The van der Waals surface area contributed by atoms with Crippen LogP contribution in [0.5, 0.6) is 0 Å². The summed E-state index contributed by atoms with van der Waals surface area (Å²) < 4.78 is 0. The molecular weight excluding hydrogens is 250 g/mol. The van der Waals surface area contributed by atoms with E-state index in [2.05, 4.69) is 28.3 Å². The second-order valence-electron chi connectivity index (χ2n) is 5.58. The lowest BCUT2D eigenvalue weighted by atomic mass is 9.83. The summed E-state index contributed by atoms with van der Waals surface area (Å²) in [7, 11) is 1.87. The third-order valence-corrected chi connectivity index (χ3v) is 4.07. The first kappa shape index (κ1) is 15.0. The molecule has 2 N–H and O–H groups in total. The Morgan fingerprint density at radius 1 is 1.45 bits per heavy atom. The first-order valence-corrected chi connectivity index (χ1v) is 7.50. The molecule has 0 amide bonds. The van der Waals surface area contributed by atoms with Crippen molar-refractivity contribution in [1.82, 2.24) is 4.98 Å². The van der Waals surface area contributed by atoms with Crippen molar-refractivity contribution in [1.29, 1.82) is 0 Å². The number of nitrogens with one attached hydrogen (secondary N) is 1. The van der Waals surface area contributed by atoms with E-state index in [1.807, 2.05) is 14.0 Å². The Morgan fingerprint density at radius 2 is 2.20 bits per heavy atom. The zero-order chi connectivity index (χ0) is 14.5. The maximum Gasteiger partial charge on any atom is 0.152 e. The van der Waals surface area contributed by atoms with Gasteiger partial charge in [-0.3, -0.25) is 4.99 Å². The summed E-state index contributed by atoms with van der Waals surface area (Å²) in [5, 5.41) is 13.2. The number of aliphatic hydroxyl groups is 1. The Hall–Kier alpha value is -1.42. The normalized spacial score (nSPS) is 23.2. The van der Waals surface area contributed by atoms with Crippen LogP contribution in [0.4, 0.5) is 11.5 Å². The van der Waals surface area contributed by atoms with E-state index in [1.165, 1.54) is 6.42 Å². The predicted molar refractivity (Wildman–Crippen MR) is 84.0 cm³/mol. The Labute approximate surface area is 121 Å². The molecule has 0 aromatic carbocycles. The highest BCUT2D eigenvalue weighted by Gasteiger charge is 2.24. The van der Waals surface area contributed by atoms with Gasteiger partial charge in [-0.05, 0) is 50.7 Å². The van der Waals surface area contributed by atoms with Gasteiger partial charge in [-0.25, -0.2) is 4.98 Å². The first-order valence-electron chi connectivity index (χ1n) is 7.50. The molecule has 1 heterocycles. The molecule has 2 rings (SSSR count). The number of rotatable bonds is 4. The van der Waals surface area contributed by atoms with Gasteiger partial charge in [0.1, 0.15) is 5.69 Å². The lowest BCUT2D eigenvalue weighted by Crippen LogP contribution is -2.26. The fourth-order valence-electron chi connectivity index (χ4n) is 3.00. The van der Waals surface area contributed by atoms with Crippen molar-refractivity contribution in [3.8, 4) is 0 Å². The number of nitrogens with zero attached hydrogens (tertiary/aromatic N) is 2. The van der Waals surface area contributed by atoms with Gasteiger partial charge in [0.05, 0.1) is 6.10 Å². The monoisotopic (exact) mass is 275 g/mol. The molecule has 0 radical (unpaired) electrons. The zero-order valence-corrected chi connectivity index (χ0v) is 12.7. The van der Waals surface area contributed by atoms with Gasteiger partial charge in [-0.1, -0.05) is 12.8 Å². The Morgan fingerprint density at radius 3 is 2.85 bits per heavy atom. The van der Waals surface area contributed by atoms with Gasteiger partial charge in [0.25, 0.3) is 0 Å². The van der Waals surface area contributed by atoms with E-state index in [0.29, 0.717) is 5.92 Å². The molecule has 0 saturated heterocycles. The molecule has 1 aliphatic rings. The average molecular weight is 275 g/mol. The largest absolute Gasteiger partial charge is 0.393 e. The quantitative estimate of drug-likeness (QED) is 0.829. The topological polar surface area (TPSA) is 57.5 Å². The van der Waals surface area contributed by atoms with E-state index >= 15 is 0 Å². The van der Waals surface area contributed by atoms with Crippen molar-refractivity contribution in [3.63, 3.8) is 0 Å². The summed E-state index contributed by atoms with van der Waals surface area (Å²) in [4.78, 5) is 9.04. The minimum Gasteiger partial charge on any atom is -0.393 e. The van der Waals surface area contributed by atoms with Crippen molar-refractivity contribution in [2.45, 2.75) is 52.1 Å². The lowest BCUT2D eigenvalue weighted by Gasteiger charge is -2.27. The van der Waals surface area contributed by atoms with Gasteiger partial charge in [0.15, 0.2) is 5.82 Å². The molecule has 20 heavy (non-hydrogen) atoms. The summed E-state index contributed by atoms with van der Waals surface area (Å²) >= 11 is 0. The summed E-state index contributed by atoms with van der Waals surface area (Å²) in [5.74, 6) is 1.17. The van der Waals surface area contributed by atoms with E-state index in [1.54, 1.807) is 6.21 Å². The van der Waals surface area contributed by atoms with Crippen molar-refractivity contribution in [3.05, 3.63) is 17.3 Å². The molecule has 0 spiro atoms. The number of hydrogen-bond acceptors (Lipinski definition) is 4. The third-order valence-electron chi connectivity index (χ3n) is 4.07. The molecule has 1 saturated carbocycles. The smallest absolute Gasteiger partial charge is 0.152 e. The van der Waals surface area contributed by atoms with Crippen LogP contribution in [0.15, 0.2) is 11.1 Å². The van der Waals surface area contributed by atoms with Crippen LogP contribution in [0.2, 0.25) is 0 Å². The van der Waals surface area contributed by atoms with Gasteiger partial charge in [0, 0.05) is 19.0 Å². The molecule has 1 aliphatic carbocycles. The van der Waals surface area contributed by atoms with E-state index in [0.717, 1.165) is 48.4 Å². The van der Waals surface area contributed by atoms with Gasteiger partial charge >= 0.3 is 0 Å². The number of pyridine rings is 1. The van der Waals surface area contributed by atoms with Crippen molar-refractivity contribution in [2.24, 2.45) is 10.9 Å². The Bertz CT molecular complexity index is 485. The summed E-state index contributed by atoms with van der Waals surface area (Å²) in [5.41, 5.74) is 3.08. The molecule has 1 aromatic heterocycles. The van der Waals surface area contributed by atoms with Crippen LogP contribution in [-0.4, -0.2) is 29.5 Å². The summed E-state index contributed by atoms with van der Waals surface area (Å²) in [6.07, 6.45) is 6.87. The van der Waals surface area contributed by atoms with Crippen LogP contribution < -0.4 is 5.32 Å². The second-order valence-corrected chi connectivity index (χ2v) is 5.58. The van der Waals surface area contributed by atoms with Gasteiger partial charge in [0.2, 0.25) is 0 Å². The summed E-state index contributed by atoms with van der Waals surface area (Å²) in [6.45, 7) is 3.97. The average Bonchev–Trinajstić information content (AvgIpc) is 2.44. The van der Waals surface area contributed by atoms with Crippen molar-refractivity contribution in [2.75, 3.05) is 12.4 Å². The minimum atomic E-state index is -0.169. The van der Waals surface area contributed by atoms with Crippen molar-refractivity contribution >= 4 is 17.7 Å². The van der Waals surface area contributed by atoms with Crippen LogP contribution in [0.1, 0.15) is 43.9 Å². The molecule has 2 atom stereocenters. The first-order chi connectivity index (χ1) is 9.65. The van der Waals surface area contributed by atoms with E-state index in [9.17, 15) is 5.11 Å². The molecule has 4 nitrogen and oxygen atoms in total. The second kappa shape index (κ2) is 6.84. The van der Waals surface area contributed by atoms with Gasteiger partial charge in [-0.15, -0.1) is 0 Å². The minimum absolute atomic E-state index is 0.169. The number of aliphatic hydroxyl groups excluding tert-OH is 1. The number of hydrogen-bond donors (Lipinski definition) is 2. The van der Waals surface area contributed by atoms with Crippen LogP contribution >= 0.6 is 0 Å². The van der Waals surface area contributed by atoms with Crippen LogP contribution in [0, 0.1) is 12.8 Å². The Kier molecular flexibility index (Phi) is 5.12. The number of aliphatic imine (C=N–C) groups is 1. The molecule has 1 fully saturated rings. The highest BCUT2D eigenvalue weighted by atomic mass is 16.3. The van der Waals surface area contributed by atoms with Crippen LogP contribution in [-0.2, 0) is 6.42 Å². The van der Waals surface area contributed by atoms with Gasteiger partial charge < -0.3 is 10.4 Å². The van der Waals surface area contributed by atoms with Crippen LogP contribution in [0.25, 0.3) is 0 Å². The zero-order valence-electron chi connectivity index (χ0n) is 12.7. The standard InChI is InChI=1S/C16H25N3O/c1-4-18-15-11(2)9-13(19-16(15)17-3)10-12-7-5-6-8-14(12)20/h4,9,12,14,20H,5-8,10H2,1-3H3,(H,17,19).